The van der Waals surface area contributed by atoms with Crippen molar-refractivity contribution in [1.82, 2.24) is 25.3 Å². The third kappa shape index (κ3) is 67.9. The normalized spacial score (nSPS) is 12.9. The van der Waals surface area contributed by atoms with E-state index in [1.54, 1.807) is 0 Å². The predicted molar refractivity (Wildman–Crippen MR) is 339 cm³/mol. The number of nitrogens with zero attached hydrogens (tertiary/aromatic N) is 3. The van der Waals surface area contributed by atoms with Crippen molar-refractivity contribution < 1.29 is 0 Å². The molecule has 1 rings (SSSR count). The molecule has 0 saturated carbocycles. The third-order valence-corrected chi connectivity index (χ3v) is 15.6. The molecule has 0 unspecified atom stereocenters. The van der Waals surface area contributed by atoms with Crippen molar-refractivity contribution in [3.63, 3.8) is 0 Å². The van der Waals surface area contributed by atoms with Crippen LogP contribution in [0.5, 0.6) is 0 Å². The Bertz CT molecular complexity index is 864. The molecule has 0 aromatic carbocycles. The topological polar surface area (TPSA) is 33.8 Å². The van der Waals surface area contributed by atoms with Gasteiger partial charge in [-0.1, -0.05) is 338 Å². The SMILES string of the molecule is CC.CC.CCCCCCCCCCCCCC.CCCCCCCCCCCCCCNCCN(CCCCCCCCCCCCCC)CCN1CCN(CCNCCCCCCCCCCCC)CC1. The van der Waals surface area contributed by atoms with Crippen molar-refractivity contribution in [1.29, 1.82) is 0 Å². The highest BCUT2D eigenvalue weighted by molar-refractivity contribution is 4.74. The van der Waals surface area contributed by atoms with Gasteiger partial charge < -0.3 is 15.5 Å². The summed E-state index contributed by atoms with van der Waals surface area (Å²) in [5, 5.41) is 7.57. The smallest absolute Gasteiger partial charge is 0.0110 e. The highest BCUT2D eigenvalue weighted by Crippen LogP contribution is 2.15. The molecule has 0 spiro atoms. The van der Waals surface area contributed by atoms with Crippen LogP contribution < -0.4 is 10.6 Å². The lowest BCUT2D eigenvalue weighted by Crippen LogP contribution is -2.50. The summed E-state index contributed by atoms with van der Waals surface area (Å²) in [6, 6.07) is 0. The number of rotatable bonds is 57. The lowest BCUT2D eigenvalue weighted by atomic mass is 10.1. The summed E-state index contributed by atoms with van der Waals surface area (Å²) in [6.45, 7) is 35.5. The molecule has 73 heavy (non-hydrogen) atoms. The van der Waals surface area contributed by atoms with Gasteiger partial charge in [-0.05, 0) is 38.9 Å². The molecular formula is C68H147N5. The first-order chi connectivity index (χ1) is 36.2. The summed E-state index contributed by atoms with van der Waals surface area (Å²) < 4.78 is 0. The molecule has 0 aromatic heterocycles. The summed E-state index contributed by atoms with van der Waals surface area (Å²) in [5.41, 5.74) is 0. The summed E-state index contributed by atoms with van der Waals surface area (Å²) >= 11 is 0. The monoisotopic (exact) mass is 1030 g/mol. The van der Waals surface area contributed by atoms with E-state index < -0.39 is 0 Å². The van der Waals surface area contributed by atoms with Gasteiger partial charge >= 0.3 is 0 Å². The molecule has 444 valence electrons. The van der Waals surface area contributed by atoms with Crippen LogP contribution >= 0.6 is 0 Å². The van der Waals surface area contributed by atoms with Crippen LogP contribution in [0.1, 0.15) is 358 Å². The van der Waals surface area contributed by atoms with E-state index in [2.05, 4.69) is 60.0 Å². The Balaban J connectivity index is -0.00000231. The largest absolute Gasteiger partial charge is 0.315 e. The molecule has 2 N–H and O–H groups in total. The van der Waals surface area contributed by atoms with Crippen molar-refractivity contribution in [3.8, 4) is 0 Å². The highest BCUT2D eigenvalue weighted by atomic mass is 15.3. The molecule has 0 radical (unpaired) electrons. The minimum Gasteiger partial charge on any atom is -0.315 e. The van der Waals surface area contributed by atoms with Gasteiger partial charge in [-0.2, -0.15) is 0 Å². The molecule has 0 atom stereocenters. The molecule has 5 heteroatoms. The molecule has 1 aliphatic rings. The second-order valence-corrected chi connectivity index (χ2v) is 22.5. The first-order valence-corrected chi connectivity index (χ1v) is 34.8. The van der Waals surface area contributed by atoms with Crippen molar-refractivity contribution >= 4 is 0 Å². The Morgan fingerprint density at radius 1 is 0.233 bits per heavy atom. The van der Waals surface area contributed by atoms with E-state index in [4.69, 9.17) is 0 Å². The zero-order valence-electron chi connectivity index (χ0n) is 53.1. The van der Waals surface area contributed by atoms with Gasteiger partial charge in [-0.15, -0.1) is 0 Å². The fourth-order valence-corrected chi connectivity index (χ4v) is 10.5. The molecular weight excluding hydrogens is 887 g/mol. The zero-order chi connectivity index (χ0) is 53.9. The van der Waals surface area contributed by atoms with Crippen LogP contribution in [0, 0.1) is 0 Å². The fraction of sp³-hybridized carbons (Fsp3) is 1.00. The van der Waals surface area contributed by atoms with E-state index in [-0.39, 0.29) is 0 Å². The minimum absolute atomic E-state index is 1.16. The maximum Gasteiger partial charge on any atom is 0.0110 e. The van der Waals surface area contributed by atoms with E-state index in [0.29, 0.717) is 0 Å². The van der Waals surface area contributed by atoms with Crippen LogP contribution in [0.2, 0.25) is 0 Å². The number of nitrogens with one attached hydrogen (secondary N) is 2. The van der Waals surface area contributed by atoms with E-state index in [1.165, 1.54) is 367 Å². The number of hydrogen-bond acceptors (Lipinski definition) is 5. The Kier molecular flexibility index (Phi) is 78.0. The Morgan fingerprint density at radius 3 is 0.753 bits per heavy atom. The van der Waals surface area contributed by atoms with Crippen LogP contribution in [-0.2, 0) is 0 Å². The van der Waals surface area contributed by atoms with Crippen molar-refractivity contribution in [3.05, 3.63) is 0 Å². The number of unbranched alkanes of at least 4 members (excludes halogenated alkanes) is 42. The predicted octanol–water partition coefficient (Wildman–Crippen LogP) is 21.2. The Morgan fingerprint density at radius 2 is 0.466 bits per heavy atom. The van der Waals surface area contributed by atoms with Crippen LogP contribution in [0.4, 0.5) is 0 Å². The standard InChI is InChI=1S/C50H105N5.C14H30.2C2H6/c1-4-7-10-13-16-19-22-24-27-30-33-35-38-51-40-43-53(42-37-34-31-28-25-23-20-17-14-11-8-5-2)45-48-55-49-46-54(47-50-55)44-41-52-39-36-32-29-26-21-18-15-12-9-6-3;1-3-5-7-9-11-13-14-12-10-8-6-4-2;2*1-2/h51-52H,4-50H2,1-3H3;3-14H2,1-2H3;2*1-2H3. The van der Waals surface area contributed by atoms with E-state index >= 15 is 0 Å². The molecule has 0 amide bonds. The Hall–Kier alpha value is -0.200. The molecule has 5 nitrogen and oxygen atoms in total. The van der Waals surface area contributed by atoms with Crippen LogP contribution in [0.3, 0.4) is 0 Å². The van der Waals surface area contributed by atoms with Crippen molar-refractivity contribution in [2.45, 2.75) is 358 Å². The summed E-state index contributed by atoms with van der Waals surface area (Å²) in [6.07, 6.45) is 66.2. The summed E-state index contributed by atoms with van der Waals surface area (Å²) in [7, 11) is 0. The third-order valence-electron chi connectivity index (χ3n) is 15.6. The Labute approximate surface area is 466 Å². The quantitative estimate of drug-likeness (QED) is 0.0594. The molecule has 0 bridgehead atoms. The first kappa shape index (κ1) is 77.0. The molecule has 1 aliphatic heterocycles. The number of piperazine rings is 1. The molecule has 0 aliphatic carbocycles. The maximum absolute atomic E-state index is 3.82. The second-order valence-electron chi connectivity index (χ2n) is 22.5. The molecule has 1 fully saturated rings. The summed E-state index contributed by atoms with van der Waals surface area (Å²) in [5.74, 6) is 0. The number of hydrogen-bond donors (Lipinski definition) is 2. The molecule has 1 heterocycles. The van der Waals surface area contributed by atoms with Gasteiger partial charge in [0.15, 0.2) is 0 Å². The minimum atomic E-state index is 1.16. The van der Waals surface area contributed by atoms with Crippen molar-refractivity contribution in [2.24, 2.45) is 0 Å². The highest BCUT2D eigenvalue weighted by Gasteiger charge is 2.17. The van der Waals surface area contributed by atoms with Crippen molar-refractivity contribution in [2.75, 3.05) is 85.1 Å². The van der Waals surface area contributed by atoms with Crippen LogP contribution in [0.25, 0.3) is 0 Å². The van der Waals surface area contributed by atoms with E-state index in [0.717, 1.165) is 13.1 Å². The van der Waals surface area contributed by atoms with Gasteiger partial charge in [-0.25, -0.2) is 0 Å². The van der Waals surface area contributed by atoms with Gasteiger partial charge in [-0.3, -0.25) is 9.80 Å². The average molecular weight is 1030 g/mol. The fourth-order valence-electron chi connectivity index (χ4n) is 10.5. The lowest BCUT2D eigenvalue weighted by Gasteiger charge is -2.36. The van der Waals surface area contributed by atoms with Crippen LogP contribution in [0.15, 0.2) is 0 Å². The molecule has 1 saturated heterocycles. The summed E-state index contributed by atoms with van der Waals surface area (Å²) in [4.78, 5) is 8.25. The van der Waals surface area contributed by atoms with Gasteiger partial charge in [0.1, 0.15) is 0 Å². The van der Waals surface area contributed by atoms with Crippen LogP contribution in [-0.4, -0.2) is 99.8 Å². The zero-order valence-corrected chi connectivity index (χ0v) is 53.1. The average Bonchev–Trinajstić information content (AvgIpc) is 3.42. The van der Waals surface area contributed by atoms with E-state index in [1.807, 2.05) is 27.7 Å². The first-order valence-electron chi connectivity index (χ1n) is 34.8. The second kappa shape index (κ2) is 73.9. The van der Waals surface area contributed by atoms with Gasteiger partial charge in [0, 0.05) is 65.4 Å². The van der Waals surface area contributed by atoms with Gasteiger partial charge in [0.25, 0.3) is 0 Å². The van der Waals surface area contributed by atoms with E-state index in [9.17, 15) is 0 Å². The maximum atomic E-state index is 3.82. The van der Waals surface area contributed by atoms with Gasteiger partial charge in [0.05, 0.1) is 0 Å². The van der Waals surface area contributed by atoms with Gasteiger partial charge in [0.2, 0.25) is 0 Å². The molecule has 0 aromatic rings. The lowest BCUT2D eigenvalue weighted by molar-refractivity contribution is 0.118.